The molecule has 1 aromatic carbocycles. The Bertz CT molecular complexity index is 719. The molecular formula is C17H15NO3S. The molecule has 22 heavy (non-hydrogen) atoms. The van der Waals surface area contributed by atoms with Gasteiger partial charge in [-0.05, 0) is 29.6 Å². The van der Waals surface area contributed by atoms with Crippen LogP contribution in [0, 0.1) is 0 Å². The summed E-state index contributed by atoms with van der Waals surface area (Å²) < 4.78 is 10.9. The van der Waals surface area contributed by atoms with Crippen LogP contribution in [0.2, 0.25) is 0 Å². The molecule has 0 atom stereocenters. The second-order valence-corrected chi connectivity index (χ2v) is 5.67. The van der Waals surface area contributed by atoms with Crippen LogP contribution >= 0.6 is 11.3 Å². The summed E-state index contributed by atoms with van der Waals surface area (Å²) >= 11 is 1.60. The lowest BCUT2D eigenvalue weighted by molar-refractivity contribution is 0.0920. The number of nitrogens with one attached hydrogen (secondary N) is 1. The van der Waals surface area contributed by atoms with E-state index in [4.69, 9.17) is 9.15 Å². The molecule has 0 radical (unpaired) electrons. The van der Waals surface area contributed by atoms with Gasteiger partial charge in [-0.3, -0.25) is 4.79 Å². The zero-order chi connectivity index (χ0) is 15.2. The van der Waals surface area contributed by atoms with Crippen LogP contribution in [0.15, 0.2) is 64.6 Å². The van der Waals surface area contributed by atoms with Crippen LogP contribution in [-0.4, -0.2) is 5.91 Å². The number of ether oxygens (including phenoxy) is 1. The number of carbonyl (C=O) groups excluding carboxylic acids is 1. The highest BCUT2D eigenvalue weighted by atomic mass is 32.1. The summed E-state index contributed by atoms with van der Waals surface area (Å²) in [4.78, 5) is 13.3. The molecule has 1 amide bonds. The van der Waals surface area contributed by atoms with Gasteiger partial charge >= 0.3 is 0 Å². The number of thiophene rings is 1. The number of rotatable bonds is 6. The molecule has 3 aromatic rings. The van der Waals surface area contributed by atoms with Crippen molar-refractivity contribution in [3.05, 3.63) is 76.4 Å². The number of hydrogen-bond donors (Lipinski definition) is 1. The minimum absolute atomic E-state index is 0.231. The molecule has 2 heterocycles. The van der Waals surface area contributed by atoms with E-state index in [2.05, 4.69) is 5.32 Å². The van der Waals surface area contributed by atoms with Crippen LogP contribution in [-0.2, 0) is 13.2 Å². The smallest absolute Gasteiger partial charge is 0.287 e. The fourth-order valence-corrected chi connectivity index (χ4v) is 2.63. The first kappa shape index (κ1) is 14.4. The molecule has 2 aromatic heterocycles. The molecule has 0 aliphatic carbocycles. The van der Waals surface area contributed by atoms with Crippen LogP contribution in [0.3, 0.4) is 0 Å². The predicted octanol–water partition coefficient (Wildman–Crippen LogP) is 3.85. The molecule has 0 saturated carbocycles. The fraction of sp³-hybridized carbons (Fsp3) is 0.118. The molecule has 0 aliphatic heterocycles. The van der Waals surface area contributed by atoms with Gasteiger partial charge in [0.1, 0.15) is 12.4 Å². The van der Waals surface area contributed by atoms with Gasteiger partial charge in [0, 0.05) is 10.4 Å². The van der Waals surface area contributed by atoms with E-state index in [9.17, 15) is 4.79 Å². The Kier molecular flexibility index (Phi) is 4.56. The molecule has 0 saturated heterocycles. The summed E-state index contributed by atoms with van der Waals surface area (Å²) in [5.41, 5.74) is 0.729. The van der Waals surface area contributed by atoms with Gasteiger partial charge in [-0.2, -0.15) is 0 Å². The van der Waals surface area contributed by atoms with Crippen molar-refractivity contribution in [2.24, 2.45) is 0 Å². The first-order valence-electron chi connectivity index (χ1n) is 6.88. The number of benzene rings is 1. The van der Waals surface area contributed by atoms with Crippen molar-refractivity contribution in [1.29, 1.82) is 0 Å². The maximum atomic E-state index is 12.2. The quantitative estimate of drug-likeness (QED) is 0.752. The SMILES string of the molecule is O=C(NCc1cccs1)c1occc1COc1ccccc1. The van der Waals surface area contributed by atoms with Crippen molar-refractivity contribution in [2.75, 3.05) is 0 Å². The van der Waals surface area contributed by atoms with Crippen molar-refractivity contribution >= 4 is 17.2 Å². The van der Waals surface area contributed by atoms with E-state index < -0.39 is 0 Å². The molecule has 5 heteroatoms. The predicted molar refractivity (Wildman–Crippen MR) is 85.0 cm³/mol. The number of furan rings is 1. The molecular weight excluding hydrogens is 298 g/mol. The van der Waals surface area contributed by atoms with Gasteiger partial charge in [-0.1, -0.05) is 24.3 Å². The van der Waals surface area contributed by atoms with Gasteiger partial charge < -0.3 is 14.5 Å². The number of hydrogen-bond acceptors (Lipinski definition) is 4. The highest BCUT2D eigenvalue weighted by molar-refractivity contribution is 7.09. The molecule has 4 nitrogen and oxygen atoms in total. The average molecular weight is 313 g/mol. The first-order chi connectivity index (χ1) is 10.8. The van der Waals surface area contributed by atoms with Crippen molar-refractivity contribution in [3.63, 3.8) is 0 Å². The number of para-hydroxylation sites is 1. The van der Waals surface area contributed by atoms with Crippen molar-refractivity contribution < 1.29 is 13.9 Å². The summed E-state index contributed by atoms with van der Waals surface area (Å²) in [6, 6.07) is 15.2. The highest BCUT2D eigenvalue weighted by Gasteiger charge is 2.15. The second-order valence-electron chi connectivity index (χ2n) is 4.64. The summed E-state index contributed by atoms with van der Waals surface area (Å²) in [6.07, 6.45) is 1.50. The second kappa shape index (κ2) is 6.95. The van der Waals surface area contributed by atoms with E-state index in [-0.39, 0.29) is 5.91 Å². The zero-order valence-electron chi connectivity index (χ0n) is 11.8. The van der Waals surface area contributed by atoms with Gasteiger partial charge in [0.25, 0.3) is 5.91 Å². The van der Waals surface area contributed by atoms with Crippen molar-refractivity contribution in [3.8, 4) is 5.75 Å². The van der Waals surface area contributed by atoms with E-state index >= 15 is 0 Å². The molecule has 3 rings (SSSR count). The highest BCUT2D eigenvalue weighted by Crippen LogP contribution is 2.16. The van der Waals surface area contributed by atoms with Gasteiger partial charge in [-0.15, -0.1) is 11.3 Å². The third-order valence-corrected chi connectivity index (χ3v) is 3.97. The van der Waals surface area contributed by atoms with E-state index in [1.165, 1.54) is 6.26 Å². The zero-order valence-corrected chi connectivity index (χ0v) is 12.6. The van der Waals surface area contributed by atoms with Crippen LogP contribution in [0.5, 0.6) is 5.75 Å². The lowest BCUT2D eigenvalue weighted by Crippen LogP contribution is -2.23. The van der Waals surface area contributed by atoms with Crippen LogP contribution in [0.1, 0.15) is 21.0 Å². The monoisotopic (exact) mass is 313 g/mol. The lowest BCUT2D eigenvalue weighted by atomic mass is 10.2. The molecule has 1 N–H and O–H groups in total. The largest absolute Gasteiger partial charge is 0.489 e. The van der Waals surface area contributed by atoms with Crippen molar-refractivity contribution in [2.45, 2.75) is 13.2 Å². The molecule has 112 valence electrons. The Morgan fingerprint density at radius 1 is 1.14 bits per heavy atom. The van der Waals surface area contributed by atoms with Crippen molar-refractivity contribution in [1.82, 2.24) is 5.32 Å². The summed E-state index contributed by atoms with van der Waals surface area (Å²) in [5, 5.41) is 4.83. The number of amides is 1. The molecule has 0 bridgehead atoms. The minimum atomic E-state index is -0.231. The van der Waals surface area contributed by atoms with Crippen LogP contribution < -0.4 is 10.1 Å². The molecule has 0 fully saturated rings. The summed E-state index contributed by atoms with van der Waals surface area (Å²) in [5.74, 6) is 0.825. The van der Waals surface area contributed by atoms with Gasteiger partial charge in [-0.25, -0.2) is 0 Å². The Balaban J connectivity index is 1.60. The Morgan fingerprint density at radius 2 is 2.00 bits per heavy atom. The van der Waals surface area contributed by atoms with Gasteiger partial charge in [0.05, 0.1) is 12.8 Å². The topological polar surface area (TPSA) is 51.5 Å². The van der Waals surface area contributed by atoms with E-state index in [1.54, 1.807) is 17.4 Å². The lowest BCUT2D eigenvalue weighted by Gasteiger charge is -2.06. The summed E-state index contributed by atoms with van der Waals surface area (Å²) in [6.45, 7) is 0.790. The Hall–Kier alpha value is -2.53. The van der Waals surface area contributed by atoms with Crippen LogP contribution in [0.25, 0.3) is 0 Å². The Morgan fingerprint density at radius 3 is 2.77 bits per heavy atom. The minimum Gasteiger partial charge on any atom is -0.489 e. The summed E-state index contributed by atoms with van der Waals surface area (Å²) in [7, 11) is 0. The standard InChI is InChI=1S/C17H15NO3S/c19-17(18-11-15-7-4-10-22-15)16-13(8-9-20-16)12-21-14-5-2-1-3-6-14/h1-10H,11-12H2,(H,18,19). The van der Waals surface area contributed by atoms with E-state index in [0.29, 0.717) is 18.9 Å². The third kappa shape index (κ3) is 3.56. The Labute approximate surface area is 132 Å². The first-order valence-corrected chi connectivity index (χ1v) is 7.75. The maximum Gasteiger partial charge on any atom is 0.287 e. The van der Waals surface area contributed by atoms with E-state index in [1.807, 2.05) is 47.8 Å². The van der Waals surface area contributed by atoms with Gasteiger partial charge in [0.2, 0.25) is 0 Å². The molecule has 0 aliphatic rings. The third-order valence-electron chi connectivity index (χ3n) is 3.09. The average Bonchev–Trinajstić information content (AvgIpc) is 3.23. The number of carbonyl (C=O) groups is 1. The maximum absolute atomic E-state index is 12.2. The normalized spacial score (nSPS) is 10.4. The van der Waals surface area contributed by atoms with E-state index in [0.717, 1.165) is 16.2 Å². The fourth-order valence-electron chi connectivity index (χ4n) is 1.99. The molecule has 0 unspecified atom stereocenters. The molecule has 0 spiro atoms. The van der Waals surface area contributed by atoms with Gasteiger partial charge in [0.15, 0.2) is 5.76 Å². The van der Waals surface area contributed by atoms with Crippen LogP contribution in [0.4, 0.5) is 0 Å².